The minimum Gasteiger partial charge on any atom is -0.380 e. The van der Waals surface area contributed by atoms with E-state index in [1.807, 2.05) is 11.4 Å². The first-order valence-corrected chi connectivity index (χ1v) is 7.65. The highest BCUT2D eigenvalue weighted by Gasteiger charge is 2.06. The van der Waals surface area contributed by atoms with Crippen molar-refractivity contribution >= 4 is 39.8 Å². The van der Waals surface area contributed by atoms with Crippen LogP contribution in [0.25, 0.3) is 0 Å². The number of rotatable bonds is 7. The summed E-state index contributed by atoms with van der Waals surface area (Å²) < 4.78 is 6.55. The summed E-state index contributed by atoms with van der Waals surface area (Å²) in [6.07, 6.45) is 1.07. The van der Waals surface area contributed by atoms with Gasteiger partial charge in [-0.1, -0.05) is 13.8 Å². The number of thiophene rings is 1. The second-order valence-corrected chi connectivity index (χ2v) is 7.00. The highest BCUT2D eigenvalue weighted by Crippen LogP contribution is 2.16. The SMILES string of the molecule is CC(C)CCOCCNC(=O)c1csc(I)c1. The lowest BCUT2D eigenvalue weighted by Crippen LogP contribution is -2.27. The van der Waals surface area contributed by atoms with Gasteiger partial charge in [-0.3, -0.25) is 4.79 Å². The third-order valence-electron chi connectivity index (χ3n) is 2.20. The Morgan fingerprint density at radius 3 is 2.88 bits per heavy atom. The molecule has 0 radical (unpaired) electrons. The van der Waals surface area contributed by atoms with E-state index in [1.54, 1.807) is 11.3 Å². The van der Waals surface area contributed by atoms with E-state index in [2.05, 4.69) is 41.8 Å². The van der Waals surface area contributed by atoms with E-state index in [1.165, 1.54) is 0 Å². The van der Waals surface area contributed by atoms with Gasteiger partial charge in [0.1, 0.15) is 0 Å². The molecule has 1 aromatic heterocycles. The minimum absolute atomic E-state index is 0.0170. The molecule has 1 amide bonds. The summed E-state index contributed by atoms with van der Waals surface area (Å²) >= 11 is 3.79. The van der Waals surface area contributed by atoms with Gasteiger partial charge in [0.25, 0.3) is 5.91 Å². The van der Waals surface area contributed by atoms with Gasteiger partial charge in [0.15, 0.2) is 0 Å². The predicted octanol–water partition coefficient (Wildman–Crippen LogP) is 3.15. The Balaban J connectivity index is 2.09. The van der Waals surface area contributed by atoms with Gasteiger partial charge < -0.3 is 10.1 Å². The zero-order valence-corrected chi connectivity index (χ0v) is 13.1. The maximum atomic E-state index is 11.6. The highest BCUT2D eigenvalue weighted by atomic mass is 127. The van der Waals surface area contributed by atoms with E-state index in [0.717, 1.165) is 21.5 Å². The van der Waals surface area contributed by atoms with Crippen molar-refractivity contribution in [2.24, 2.45) is 5.92 Å². The Labute approximate surface area is 120 Å². The van der Waals surface area contributed by atoms with Crippen LogP contribution in [0.1, 0.15) is 30.6 Å². The maximum Gasteiger partial charge on any atom is 0.252 e. The number of carbonyl (C=O) groups excluding carboxylic acids is 1. The Morgan fingerprint density at radius 1 is 1.53 bits per heavy atom. The van der Waals surface area contributed by atoms with E-state index in [4.69, 9.17) is 4.74 Å². The van der Waals surface area contributed by atoms with Gasteiger partial charge in [-0.2, -0.15) is 0 Å². The zero-order valence-electron chi connectivity index (χ0n) is 10.2. The van der Waals surface area contributed by atoms with Crippen molar-refractivity contribution in [3.05, 3.63) is 19.9 Å². The molecule has 0 saturated carbocycles. The van der Waals surface area contributed by atoms with Gasteiger partial charge in [0.2, 0.25) is 0 Å². The van der Waals surface area contributed by atoms with Crippen LogP contribution in [-0.2, 0) is 4.74 Å². The van der Waals surface area contributed by atoms with Crippen LogP contribution in [0, 0.1) is 8.80 Å². The van der Waals surface area contributed by atoms with E-state index >= 15 is 0 Å². The first kappa shape index (κ1) is 14.9. The van der Waals surface area contributed by atoms with Crippen molar-refractivity contribution < 1.29 is 9.53 Å². The monoisotopic (exact) mass is 367 g/mol. The van der Waals surface area contributed by atoms with Crippen LogP contribution in [0.3, 0.4) is 0 Å². The molecule has 1 aromatic rings. The second-order valence-electron chi connectivity index (χ2n) is 4.19. The third kappa shape index (κ3) is 6.38. The number of amides is 1. The number of nitrogens with one attached hydrogen (secondary N) is 1. The molecule has 1 heterocycles. The molecule has 1 N–H and O–H groups in total. The third-order valence-corrected chi connectivity index (χ3v) is 3.99. The van der Waals surface area contributed by atoms with Crippen LogP contribution in [0.2, 0.25) is 0 Å². The van der Waals surface area contributed by atoms with E-state index in [0.29, 0.717) is 19.1 Å². The van der Waals surface area contributed by atoms with Crippen LogP contribution in [0.15, 0.2) is 11.4 Å². The summed E-state index contributed by atoms with van der Waals surface area (Å²) in [6.45, 7) is 6.26. The Morgan fingerprint density at radius 2 is 2.29 bits per heavy atom. The molecule has 0 atom stereocenters. The Bertz CT molecular complexity index is 352. The Kier molecular flexibility index (Phi) is 7.06. The molecule has 96 valence electrons. The predicted molar refractivity (Wildman–Crippen MR) is 79.6 cm³/mol. The summed E-state index contributed by atoms with van der Waals surface area (Å²) in [6, 6.07) is 1.89. The molecule has 0 aliphatic carbocycles. The molecule has 0 spiro atoms. The fourth-order valence-corrected chi connectivity index (χ4v) is 2.52. The minimum atomic E-state index is -0.0170. The van der Waals surface area contributed by atoms with Crippen LogP contribution in [-0.4, -0.2) is 25.7 Å². The van der Waals surface area contributed by atoms with Crippen molar-refractivity contribution in [3.63, 3.8) is 0 Å². The van der Waals surface area contributed by atoms with Crippen LogP contribution >= 0.6 is 33.9 Å². The van der Waals surface area contributed by atoms with Gasteiger partial charge in [-0.25, -0.2) is 0 Å². The van der Waals surface area contributed by atoms with Crippen molar-refractivity contribution in [1.29, 1.82) is 0 Å². The maximum absolute atomic E-state index is 11.6. The zero-order chi connectivity index (χ0) is 12.7. The molecule has 3 nitrogen and oxygen atoms in total. The lowest BCUT2D eigenvalue weighted by Gasteiger charge is -2.07. The van der Waals surface area contributed by atoms with E-state index in [-0.39, 0.29) is 5.91 Å². The smallest absolute Gasteiger partial charge is 0.252 e. The van der Waals surface area contributed by atoms with Crippen LogP contribution < -0.4 is 5.32 Å². The molecular weight excluding hydrogens is 349 g/mol. The van der Waals surface area contributed by atoms with Gasteiger partial charge in [-0.05, 0) is 41.0 Å². The molecule has 0 saturated heterocycles. The highest BCUT2D eigenvalue weighted by molar-refractivity contribution is 14.1. The summed E-state index contributed by atoms with van der Waals surface area (Å²) in [5, 5.41) is 4.71. The molecule has 17 heavy (non-hydrogen) atoms. The second kappa shape index (κ2) is 8.05. The first-order valence-electron chi connectivity index (χ1n) is 5.69. The van der Waals surface area contributed by atoms with Crippen LogP contribution in [0.4, 0.5) is 0 Å². The molecule has 0 bridgehead atoms. The average Bonchev–Trinajstić information content (AvgIpc) is 2.69. The number of carbonyl (C=O) groups is 1. The molecule has 0 aliphatic rings. The van der Waals surface area contributed by atoms with Gasteiger partial charge in [0, 0.05) is 18.5 Å². The average molecular weight is 367 g/mol. The standard InChI is InChI=1S/C12H18INO2S/c1-9(2)3-5-16-6-4-14-12(15)10-7-11(13)17-8-10/h7-9H,3-6H2,1-2H3,(H,14,15). The van der Waals surface area contributed by atoms with Crippen molar-refractivity contribution in [3.8, 4) is 0 Å². The first-order chi connectivity index (χ1) is 8.09. The van der Waals surface area contributed by atoms with Gasteiger partial charge >= 0.3 is 0 Å². The molecule has 1 rings (SSSR count). The molecule has 5 heteroatoms. The number of ether oxygens (including phenoxy) is 1. The summed E-state index contributed by atoms with van der Waals surface area (Å²) in [7, 11) is 0. The summed E-state index contributed by atoms with van der Waals surface area (Å²) in [4.78, 5) is 11.6. The quantitative estimate of drug-likeness (QED) is 0.594. The van der Waals surface area contributed by atoms with Gasteiger partial charge in [0.05, 0.1) is 15.1 Å². The summed E-state index contributed by atoms with van der Waals surface area (Å²) in [5.41, 5.74) is 0.738. The van der Waals surface area contributed by atoms with E-state index < -0.39 is 0 Å². The largest absolute Gasteiger partial charge is 0.380 e. The topological polar surface area (TPSA) is 38.3 Å². The lowest BCUT2D eigenvalue weighted by atomic mass is 10.1. The summed E-state index contributed by atoms with van der Waals surface area (Å²) in [5.74, 6) is 0.647. The fraction of sp³-hybridized carbons (Fsp3) is 0.583. The molecule has 0 aliphatic heterocycles. The van der Waals surface area contributed by atoms with Gasteiger partial charge in [-0.15, -0.1) is 11.3 Å². The fourth-order valence-electron chi connectivity index (χ4n) is 1.19. The lowest BCUT2D eigenvalue weighted by molar-refractivity contribution is 0.0906. The van der Waals surface area contributed by atoms with Crippen molar-refractivity contribution in [2.75, 3.05) is 19.8 Å². The Hall–Kier alpha value is -0.140. The van der Waals surface area contributed by atoms with Crippen molar-refractivity contribution in [2.45, 2.75) is 20.3 Å². The normalized spacial score (nSPS) is 10.8. The van der Waals surface area contributed by atoms with E-state index in [9.17, 15) is 4.79 Å². The molecule has 0 unspecified atom stereocenters. The number of hydrogen-bond donors (Lipinski definition) is 1. The molecule has 0 fully saturated rings. The number of hydrogen-bond acceptors (Lipinski definition) is 3. The molecular formula is C12H18INO2S. The molecule has 0 aromatic carbocycles. The van der Waals surface area contributed by atoms with Crippen molar-refractivity contribution in [1.82, 2.24) is 5.32 Å². The van der Waals surface area contributed by atoms with Crippen LogP contribution in [0.5, 0.6) is 0 Å². The number of halogens is 1.